The van der Waals surface area contributed by atoms with Gasteiger partial charge in [0.2, 0.25) is 5.91 Å². The van der Waals surface area contributed by atoms with E-state index in [4.69, 9.17) is 11.6 Å². The van der Waals surface area contributed by atoms with Gasteiger partial charge in [-0.3, -0.25) is 4.79 Å². The van der Waals surface area contributed by atoms with Crippen LogP contribution in [-0.2, 0) is 20.0 Å². The molecule has 23 heavy (non-hydrogen) atoms. The topological polar surface area (TPSA) is 54.5 Å². The van der Waals surface area contributed by atoms with Gasteiger partial charge in [0.15, 0.2) is 9.84 Å². The van der Waals surface area contributed by atoms with Crippen LogP contribution in [0.25, 0.3) is 0 Å². The summed E-state index contributed by atoms with van der Waals surface area (Å²) in [6, 6.07) is 13.3. The molecule has 0 spiro atoms. The molecule has 1 atom stereocenters. The third kappa shape index (κ3) is 2.54. The number of carbonyl (C=O) groups is 1. The molecule has 2 aromatic rings. The van der Waals surface area contributed by atoms with Crippen LogP contribution in [0.5, 0.6) is 0 Å². The molecule has 3 rings (SSSR count). The Morgan fingerprint density at radius 3 is 2.35 bits per heavy atom. The minimum Gasteiger partial charge on any atom is -0.314 e. The molecule has 4 nitrogen and oxygen atoms in total. The van der Waals surface area contributed by atoms with Gasteiger partial charge in [-0.1, -0.05) is 29.8 Å². The predicted molar refractivity (Wildman–Crippen MR) is 90.7 cm³/mol. The average molecular weight is 350 g/mol. The molecule has 0 aliphatic carbocycles. The first-order valence-electron chi connectivity index (χ1n) is 7.12. The first-order valence-corrected chi connectivity index (χ1v) is 9.15. The number of hydrogen-bond donors (Lipinski definition) is 0. The van der Waals surface area contributed by atoms with Crippen LogP contribution in [-0.4, -0.2) is 27.1 Å². The van der Waals surface area contributed by atoms with Gasteiger partial charge in [-0.15, -0.1) is 0 Å². The zero-order chi connectivity index (χ0) is 16.8. The quantitative estimate of drug-likeness (QED) is 0.855. The van der Waals surface area contributed by atoms with E-state index in [0.717, 1.165) is 11.3 Å². The van der Waals surface area contributed by atoms with Gasteiger partial charge < -0.3 is 4.90 Å². The molecule has 1 aliphatic heterocycles. The predicted octanol–water partition coefficient (Wildman–Crippen LogP) is 3.05. The monoisotopic (exact) mass is 349 g/mol. The van der Waals surface area contributed by atoms with Crippen molar-refractivity contribution in [2.45, 2.75) is 17.2 Å². The number of sulfone groups is 1. The van der Waals surface area contributed by atoms with Crippen LogP contribution in [0.2, 0.25) is 5.02 Å². The van der Waals surface area contributed by atoms with Crippen molar-refractivity contribution >= 4 is 33.0 Å². The lowest BCUT2D eigenvalue weighted by Gasteiger charge is -2.23. The lowest BCUT2D eigenvalue weighted by atomic mass is 9.86. The number of hydrogen-bond acceptors (Lipinski definition) is 3. The van der Waals surface area contributed by atoms with Crippen molar-refractivity contribution < 1.29 is 13.2 Å². The van der Waals surface area contributed by atoms with Crippen LogP contribution < -0.4 is 4.90 Å². The van der Waals surface area contributed by atoms with Crippen LogP contribution in [0.4, 0.5) is 5.69 Å². The van der Waals surface area contributed by atoms with Gasteiger partial charge in [-0.25, -0.2) is 8.42 Å². The van der Waals surface area contributed by atoms with Crippen molar-refractivity contribution in [2.75, 3.05) is 17.7 Å². The van der Waals surface area contributed by atoms with E-state index in [2.05, 4.69) is 0 Å². The Hall–Kier alpha value is -1.85. The SMILES string of the molecule is CN1C(=O)C(C)(CS(=O)(=O)c2ccc(Cl)cc2)c2ccccc21. The third-order valence-corrected chi connectivity index (χ3v) is 6.49. The van der Waals surface area contributed by atoms with Gasteiger partial charge in [-0.05, 0) is 42.8 Å². The van der Waals surface area contributed by atoms with Gasteiger partial charge >= 0.3 is 0 Å². The van der Waals surface area contributed by atoms with E-state index in [-0.39, 0.29) is 16.6 Å². The summed E-state index contributed by atoms with van der Waals surface area (Å²) in [5, 5.41) is 0.470. The highest BCUT2D eigenvalue weighted by molar-refractivity contribution is 7.91. The number of benzene rings is 2. The molecular weight excluding hydrogens is 334 g/mol. The molecule has 0 saturated carbocycles. The second-order valence-electron chi connectivity index (χ2n) is 5.93. The van der Waals surface area contributed by atoms with E-state index in [1.165, 1.54) is 29.2 Å². The molecule has 1 heterocycles. The molecule has 0 bridgehead atoms. The molecule has 1 amide bonds. The van der Waals surface area contributed by atoms with E-state index >= 15 is 0 Å². The Labute approximate surface area is 140 Å². The summed E-state index contributed by atoms with van der Waals surface area (Å²) in [6.07, 6.45) is 0. The number of likely N-dealkylation sites (N-methyl/N-ethyl adjacent to an activating group) is 1. The normalized spacial score (nSPS) is 20.7. The van der Waals surface area contributed by atoms with Gasteiger partial charge in [0.25, 0.3) is 0 Å². The van der Waals surface area contributed by atoms with E-state index in [9.17, 15) is 13.2 Å². The number of fused-ring (bicyclic) bond motifs is 1. The van der Waals surface area contributed by atoms with Crippen molar-refractivity contribution in [3.63, 3.8) is 0 Å². The molecule has 1 unspecified atom stereocenters. The fourth-order valence-electron chi connectivity index (χ4n) is 3.07. The Kier molecular flexibility index (Phi) is 3.73. The Bertz CT molecular complexity index is 877. The lowest BCUT2D eigenvalue weighted by molar-refractivity contribution is -0.121. The highest BCUT2D eigenvalue weighted by Crippen LogP contribution is 2.42. The number of halogens is 1. The molecule has 2 aromatic carbocycles. The summed E-state index contributed by atoms with van der Waals surface area (Å²) >= 11 is 5.81. The average Bonchev–Trinajstić information content (AvgIpc) is 2.70. The van der Waals surface area contributed by atoms with Crippen LogP contribution in [0, 0.1) is 0 Å². The summed E-state index contributed by atoms with van der Waals surface area (Å²) in [5.41, 5.74) is 0.403. The molecule has 0 fully saturated rings. The first kappa shape index (κ1) is 16.0. The van der Waals surface area contributed by atoms with E-state index < -0.39 is 15.3 Å². The smallest absolute Gasteiger partial charge is 0.238 e. The van der Waals surface area contributed by atoms with E-state index in [0.29, 0.717) is 5.02 Å². The third-order valence-electron chi connectivity index (χ3n) is 4.29. The fraction of sp³-hybridized carbons (Fsp3) is 0.235. The van der Waals surface area contributed by atoms with Crippen LogP contribution in [0.3, 0.4) is 0 Å². The molecule has 0 N–H and O–H groups in total. The molecule has 6 heteroatoms. The summed E-state index contributed by atoms with van der Waals surface area (Å²) < 4.78 is 25.5. The maximum atomic E-state index is 12.8. The van der Waals surface area contributed by atoms with Crippen molar-refractivity contribution in [1.82, 2.24) is 0 Å². The molecule has 0 aromatic heterocycles. The Balaban J connectivity index is 2.05. The Morgan fingerprint density at radius 2 is 1.70 bits per heavy atom. The molecule has 120 valence electrons. The minimum absolute atomic E-state index is 0.169. The van der Waals surface area contributed by atoms with Gasteiger partial charge in [-0.2, -0.15) is 0 Å². The number of para-hydroxylation sites is 1. The number of rotatable bonds is 3. The number of amides is 1. The highest BCUT2D eigenvalue weighted by Gasteiger charge is 2.48. The number of nitrogens with zero attached hydrogens (tertiary/aromatic N) is 1. The van der Waals surface area contributed by atoms with Gasteiger partial charge in [0, 0.05) is 17.8 Å². The maximum Gasteiger partial charge on any atom is 0.238 e. The van der Waals surface area contributed by atoms with Gasteiger partial charge in [0.1, 0.15) is 0 Å². The van der Waals surface area contributed by atoms with Gasteiger partial charge in [0.05, 0.1) is 16.1 Å². The van der Waals surface area contributed by atoms with Crippen molar-refractivity contribution in [3.05, 3.63) is 59.1 Å². The van der Waals surface area contributed by atoms with Crippen molar-refractivity contribution in [2.24, 2.45) is 0 Å². The molecular formula is C17H16ClNO3S. The summed E-state index contributed by atoms with van der Waals surface area (Å²) in [5.74, 6) is -0.488. The number of carbonyl (C=O) groups excluding carboxylic acids is 1. The Morgan fingerprint density at radius 1 is 1.09 bits per heavy atom. The van der Waals surface area contributed by atoms with Crippen LogP contribution in [0.1, 0.15) is 12.5 Å². The second kappa shape index (κ2) is 5.35. The summed E-state index contributed by atoms with van der Waals surface area (Å²) in [6.45, 7) is 1.69. The van der Waals surface area contributed by atoms with Crippen LogP contribution in [0.15, 0.2) is 53.4 Å². The standard InChI is InChI=1S/C17H16ClNO3S/c1-17(11-23(21,22)13-9-7-12(18)8-10-13)14-5-3-4-6-15(14)19(2)16(17)20/h3-10H,11H2,1-2H3. The van der Waals surface area contributed by atoms with Crippen molar-refractivity contribution in [3.8, 4) is 0 Å². The summed E-state index contributed by atoms with van der Waals surface area (Å²) in [4.78, 5) is 14.4. The summed E-state index contributed by atoms with van der Waals surface area (Å²) in [7, 11) is -1.96. The zero-order valence-corrected chi connectivity index (χ0v) is 14.4. The lowest BCUT2D eigenvalue weighted by Crippen LogP contribution is -2.41. The maximum absolute atomic E-state index is 12.8. The first-order chi connectivity index (χ1) is 10.8. The minimum atomic E-state index is -3.62. The highest BCUT2D eigenvalue weighted by atomic mass is 35.5. The second-order valence-corrected chi connectivity index (χ2v) is 8.35. The van der Waals surface area contributed by atoms with E-state index in [1.54, 1.807) is 14.0 Å². The number of anilines is 1. The fourth-order valence-corrected chi connectivity index (χ4v) is 4.95. The van der Waals surface area contributed by atoms with Crippen LogP contribution >= 0.6 is 11.6 Å². The molecule has 0 radical (unpaired) electrons. The zero-order valence-electron chi connectivity index (χ0n) is 12.8. The molecule has 0 saturated heterocycles. The largest absolute Gasteiger partial charge is 0.314 e. The molecule has 1 aliphatic rings. The van der Waals surface area contributed by atoms with Crippen molar-refractivity contribution in [1.29, 1.82) is 0 Å². The van der Waals surface area contributed by atoms with E-state index in [1.807, 2.05) is 24.3 Å².